The minimum Gasteiger partial charge on any atom is -0.337 e. The second kappa shape index (κ2) is 8.33. The lowest BCUT2D eigenvalue weighted by molar-refractivity contribution is -0.124. The Hall–Kier alpha value is -1.89. The Morgan fingerprint density at radius 3 is 2.60 bits per heavy atom. The van der Waals surface area contributed by atoms with E-state index in [9.17, 15) is 4.79 Å². The summed E-state index contributed by atoms with van der Waals surface area (Å²) in [6.07, 6.45) is 5.64. The van der Waals surface area contributed by atoms with Crippen molar-refractivity contribution in [3.05, 3.63) is 63.5 Å². The van der Waals surface area contributed by atoms with Crippen LogP contribution in [0.15, 0.2) is 68.4 Å². The van der Waals surface area contributed by atoms with Gasteiger partial charge < -0.3 is 4.90 Å². The Morgan fingerprint density at radius 1 is 1.03 bits per heavy atom. The molecule has 0 atom stereocenters. The number of benzene rings is 2. The maximum Gasteiger partial charge on any atom is 0.269 e. The summed E-state index contributed by atoms with van der Waals surface area (Å²) in [6, 6.07) is 16.0. The minimum atomic E-state index is 0.0786. The number of hydrogen-bond donors (Lipinski definition) is 0. The smallest absolute Gasteiger partial charge is 0.269 e. The van der Waals surface area contributed by atoms with E-state index < -0.39 is 0 Å². The molecule has 3 aliphatic rings. The Labute approximate surface area is 190 Å². The fraction of sp³-hybridized carbons (Fsp3) is 0.304. The van der Waals surface area contributed by atoms with E-state index in [4.69, 9.17) is 16.6 Å². The van der Waals surface area contributed by atoms with Crippen LogP contribution in [0.3, 0.4) is 0 Å². The number of halogens is 1. The van der Waals surface area contributed by atoms with Crippen LogP contribution in [0.4, 0.5) is 11.4 Å². The zero-order valence-corrected chi connectivity index (χ0v) is 19.1. The van der Waals surface area contributed by atoms with Crippen LogP contribution in [-0.4, -0.2) is 29.1 Å². The third kappa shape index (κ3) is 3.66. The second-order valence-corrected chi connectivity index (χ2v) is 10.2. The molecule has 2 aliphatic heterocycles. The summed E-state index contributed by atoms with van der Waals surface area (Å²) in [5, 5.41) is 2.40. The van der Waals surface area contributed by atoms with Crippen LogP contribution in [0.1, 0.15) is 32.1 Å². The third-order valence-corrected chi connectivity index (χ3v) is 8.36. The van der Waals surface area contributed by atoms with E-state index in [0.717, 1.165) is 52.2 Å². The Balaban J connectivity index is 1.56. The van der Waals surface area contributed by atoms with Crippen molar-refractivity contribution >= 4 is 57.6 Å². The standard InChI is InChI=1S/C23H22ClN3OS2/c1-26-18-12-5-6-13-19(18)29-22(26)20-21(28)27(17-10-3-2-4-11-17)23(30-20)25-16-9-7-8-15(24)14-16/h5-9,12-14,17H,2-4,10-11H2,1H3/b22-20-,25-23?. The molecule has 2 fully saturated rings. The van der Waals surface area contributed by atoms with Gasteiger partial charge in [0.2, 0.25) is 0 Å². The lowest BCUT2D eigenvalue weighted by Crippen LogP contribution is -2.40. The van der Waals surface area contributed by atoms with E-state index >= 15 is 0 Å². The molecule has 2 heterocycles. The largest absolute Gasteiger partial charge is 0.337 e. The fourth-order valence-corrected chi connectivity index (χ4v) is 6.80. The SMILES string of the molecule is CN1/C(=C2/SC(=Nc3cccc(Cl)c3)N(C3CCCCC3)C2=O)Sc2ccccc21. The van der Waals surface area contributed by atoms with Gasteiger partial charge in [0.1, 0.15) is 4.91 Å². The second-order valence-electron chi connectivity index (χ2n) is 7.71. The van der Waals surface area contributed by atoms with Gasteiger partial charge >= 0.3 is 0 Å². The summed E-state index contributed by atoms with van der Waals surface area (Å²) in [7, 11) is 2.03. The molecule has 1 saturated heterocycles. The number of thioether (sulfide) groups is 2. The van der Waals surface area contributed by atoms with Gasteiger partial charge in [-0.3, -0.25) is 9.69 Å². The number of anilines is 1. The number of carbonyl (C=O) groups is 1. The van der Waals surface area contributed by atoms with Gasteiger partial charge in [0.25, 0.3) is 5.91 Å². The van der Waals surface area contributed by atoms with E-state index in [0.29, 0.717) is 5.02 Å². The lowest BCUT2D eigenvalue weighted by Gasteiger charge is -2.30. The maximum absolute atomic E-state index is 13.7. The number of fused-ring (bicyclic) bond motifs is 1. The number of hydrogen-bond acceptors (Lipinski definition) is 5. The van der Waals surface area contributed by atoms with Crippen LogP contribution in [0.5, 0.6) is 0 Å². The van der Waals surface area contributed by atoms with Gasteiger partial charge in [-0.25, -0.2) is 4.99 Å². The molecule has 4 nitrogen and oxygen atoms in total. The number of nitrogens with zero attached hydrogens (tertiary/aromatic N) is 3. The zero-order chi connectivity index (χ0) is 20.7. The first-order valence-corrected chi connectivity index (χ1v) is 12.2. The molecule has 30 heavy (non-hydrogen) atoms. The molecular weight excluding hydrogens is 434 g/mol. The summed E-state index contributed by atoms with van der Waals surface area (Å²) in [4.78, 5) is 24.5. The molecule has 5 rings (SSSR count). The van der Waals surface area contributed by atoms with Crippen LogP contribution >= 0.6 is 35.1 Å². The topological polar surface area (TPSA) is 35.9 Å². The van der Waals surface area contributed by atoms with Crippen molar-refractivity contribution in [3.8, 4) is 0 Å². The molecule has 0 spiro atoms. The molecule has 0 aromatic heterocycles. The number of carbonyl (C=O) groups excluding carboxylic acids is 1. The van der Waals surface area contributed by atoms with Crippen LogP contribution in [0, 0.1) is 0 Å². The van der Waals surface area contributed by atoms with Gasteiger partial charge in [0, 0.05) is 23.0 Å². The molecule has 154 valence electrons. The Morgan fingerprint density at radius 2 is 1.83 bits per heavy atom. The molecule has 2 aromatic rings. The molecule has 1 saturated carbocycles. The monoisotopic (exact) mass is 455 g/mol. The summed E-state index contributed by atoms with van der Waals surface area (Å²) in [6.45, 7) is 0. The van der Waals surface area contributed by atoms with E-state index in [-0.39, 0.29) is 11.9 Å². The highest BCUT2D eigenvalue weighted by atomic mass is 35.5. The summed E-state index contributed by atoms with van der Waals surface area (Å²) < 4.78 is 0. The fourth-order valence-electron chi connectivity index (χ4n) is 4.21. The highest BCUT2D eigenvalue weighted by Crippen LogP contribution is 2.50. The summed E-state index contributed by atoms with van der Waals surface area (Å²) >= 11 is 9.33. The average molecular weight is 456 g/mol. The maximum atomic E-state index is 13.7. The first-order valence-electron chi connectivity index (χ1n) is 10.2. The van der Waals surface area contributed by atoms with Crippen molar-refractivity contribution in [2.75, 3.05) is 11.9 Å². The van der Waals surface area contributed by atoms with Crippen LogP contribution in [0.2, 0.25) is 5.02 Å². The highest BCUT2D eigenvalue weighted by Gasteiger charge is 2.42. The molecule has 0 N–H and O–H groups in total. The average Bonchev–Trinajstić information content (AvgIpc) is 3.25. The van der Waals surface area contributed by atoms with Crippen molar-refractivity contribution < 1.29 is 4.79 Å². The first kappa shape index (κ1) is 20.0. The Bertz CT molecular complexity index is 1060. The number of amidine groups is 1. The molecule has 1 amide bonds. The molecule has 0 radical (unpaired) electrons. The minimum absolute atomic E-state index is 0.0786. The molecule has 1 aliphatic carbocycles. The molecule has 7 heteroatoms. The molecule has 0 bridgehead atoms. The lowest BCUT2D eigenvalue weighted by atomic mass is 9.94. The molecule has 2 aromatic carbocycles. The molecule has 0 unspecified atom stereocenters. The van der Waals surface area contributed by atoms with Gasteiger partial charge in [0.15, 0.2) is 5.17 Å². The zero-order valence-electron chi connectivity index (χ0n) is 16.7. The van der Waals surface area contributed by atoms with E-state index in [1.807, 2.05) is 48.3 Å². The van der Waals surface area contributed by atoms with Gasteiger partial charge in [-0.2, -0.15) is 0 Å². The number of rotatable bonds is 2. The number of aliphatic imine (C=N–C) groups is 1. The van der Waals surface area contributed by atoms with Crippen molar-refractivity contribution in [2.45, 2.75) is 43.0 Å². The van der Waals surface area contributed by atoms with Gasteiger partial charge in [-0.05, 0) is 54.9 Å². The summed E-state index contributed by atoms with van der Waals surface area (Å²) in [5.41, 5.74) is 1.92. The predicted molar refractivity (Wildman–Crippen MR) is 128 cm³/mol. The summed E-state index contributed by atoms with van der Waals surface area (Å²) in [5.74, 6) is 0.0786. The molecular formula is C23H22ClN3OS2. The van der Waals surface area contributed by atoms with Crippen LogP contribution in [-0.2, 0) is 4.79 Å². The van der Waals surface area contributed by atoms with Gasteiger partial charge in [-0.1, -0.05) is 60.8 Å². The van der Waals surface area contributed by atoms with Crippen LogP contribution < -0.4 is 4.90 Å². The van der Waals surface area contributed by atoms with Crippen LogP contribution in [0.25, 0.3) is 0 Å². The van der Waals surface area contributed by atoms with Crippen molar-refractivity contribution in [1.82, 2.24) is 4.90 Å². The number of amides is 1. The first-order chi connectivity index (χ1) is 14.6. The normalized spacial score (nSPS) is 23.5. The van der Waals surface area contributed by atoms with Gasteiger partial charge in [0.05, 0.1) is 16.4 Å². The van der Waals surface area contributed by atoms with Gasteiger partial charge in [-0.15, -0.1) is 0 Å². The van der Waals surface area contributed by atoms with Crippen molar-refractivity contribution in [2.24, 2.45) is 4.99 Å². The van der Waals surface area contributed by atoms with Crippen molar-refractivity contribution in [3.63, 3.8) is 0 Å². The van der Waals surface area contributed by atoms with E-state index in [1.54, 1.807) is 11.8 Å². The predicted octanol–water partition coefficient (Wildman–Crippen LogP) is 6.65. The van der Waals surface area contributed by atoms with Crippen molar-refractivity contribution in [1.29, 1.82) is 0 Å². The van der Waals surface area contributed by atoms with E-state index in [1.165, 1.54) is 23.1 Å². The quantitative estimate of drug-likeness (QED) is 0.475. The Kier molecular flexibility index (Phi) is 5.56. The number of para-hydroxylation sites is 1. The highest BCUT2D eigenvalue weighted by molar-refractivity contribution is 8.19. The third-order valence-electron chi connectivity index (χ3n) is 5.72. The van der Waals surface area contributed by atoms with E-state index in [2.05, 4.69) is 17.0 Å².